The molecule has 0 saturated carbocycles. The molecule has 0 N–H and O–H groups in total. The minimum atomic E-state index is -1.11. The Hall–Kier alpha value is -4.00. The number of ether oxygens (including phenoxy) is 2. The molecule has 0 bridgehead atoms. The van der Waals surface area contributed by atoms with E-state index >= 15 is 0 Å². The number of aliphatic imine (C=N–C) groups is 1. The molecule has 2 atom stereocenters. The SMILES string of the molecule is CCOC(=O)C(N=C(c1ccccc1)c1ccccc1)C(C[N+](=O)[O-])c1ccc(OC)cc1. The summed E-state index contributed by atoms with van der Waals surface area (Å²) in [5, 5.41) is 11.6. The highest BCUT2D eigenvalue weighted by Gasteiger charge is 2.35. The fourth-order valence-electron chi connectivity index (χ4n) is 3.58. The second-order valence-electron chi connectivity index (χ2n) is 7.30. The Balaban J connectivity index is 2.17. The van der Waals surface area contributed by atoms with Crippen LogP contribution in [0.2, 0.25) is 0 Å². The summed E-state index contributed by atoms with van der Waals surface area (Å²) in [6, 6.07) is 24.6. The van der Waals surface area contributed by atoms with Gasteiger partial charge in [-0.15, -0.1) is 0 Å². The Morgan fingerprint density at radius 2 is 1.48 bits per heavy atom. The molecule has 0 heterocycles. The van der Waals surface area contributed by atoms with Crippen molar-refractivity contribution in [3.8, 4) is 5.75 Å². The molecule has 0 spiro atoms. The molecule has 3 rings (SSSR count). The number of hydrogen-bond donors (Lipinski definition) is 0. The molecule has 0 radical (unpaired) electrons. The molecule has 3 aromatic carbocycles. The fourth-order valence-corrected chi connectivity index (χ4v) is 3.58. The van der Waals surface area contributed by atoms with Crippen molar-refractivity contribution in [1.29, 1.82) is 0 Å². The molecule has 0 aliphatic carbocycles. The molecule has 7 heteroatoms. The largest absolute Gasteiger partial charge is 0.497 e. The van der Waals surface area contributed by atoms with Gasteiger partial charge in [0.25, 0.3) is 0 Å². The second kappa shape index (κ2) is 11.6. The topological polar surface area (TPSA) is 91.0 Å². The van der Waals surface area contributed by atoms with Gasteiger partial charge in [0, 0.05) is 16.1 Å². The van der Waals surface area contributed by atoms with Gasteiger partial charge in [-0.25, -0.2) is 4.79 Å². The minimum absolute atomic E-state index is 0.144. The third kappa shape index (κ3) is 6.26. The number of rotatable bonds is 10. The van der Waals surface area contributed by atoms with Gasteiger partial charge in [0.1, 0.15) is 5.75 Å². The maximum absolute atomic E-state index is 13.1. The maximum atomic E-state index is 13.1. The molecule has 0 fully saturated rings. The first-order valence-electron chi connectivity index (χ1n) is 10.6. The fraction of sp³-hybridized carbons (Fsp3) is 0.231. The molecule has 3 aromatic rings. The zero-order valence-electron chi connectivity index (χ0n) is 18.6. The number of nitro groups is 1. The first kappa shape index (κ1) is 23.7. The number of carbonyl (C=O) groups excluding carboxylic acids is 1. The summed E-state index contributed by atoms with van der Waals surface area (Å²) >= 11 is 0. The number of benzene rings is 3. The van der Waals surface area contributed by atoms with Gasteiger partial charge in [0.15, 0.2) is 6.04 Å². The van der Waals surface area contributed by atoms with E-state index in [1.165, 1.54) is 0 Å². The van der Waals surface area contributed by atoms with E-state index in [4.69, 9.17) is 14.5 Å². The lowest BCUT2D eigenvalue weighted by Crippen LogP contribution is -2.34. The minimum Gasteiger partial charge on any atom is -0.497 e. The lowest BCUT2D eigenvalue weighted by atomic mass is 9.90. The monoisotopic (exact) mass is 446 g/mol. The number of carbonyl (C=O) groups is 1. The summed E-state index contributed by atoms with van der Waals surface area (Å²) in [6.07, 6.45) is 0. The van der Waals surface area contributed by atoms with Gasteiger partial charge in [0.2, 0.25) is 6.54 Å². The van der Waals surface area contributed by atoms with Crippen LogP contribution in [-0.4, -0.2) is 42.9 Å². The van der Waals surface area contributed by atoms with Crippen molar-refractivity contribution in [1.82, 2.24) is 0 Å². The average Bonchev–Trinajstić information content (AvgIpc) is 2.85. The average molecular weight is 447 g/mol. The van der Waals surface area contributed by atoms with Crippen molar-refractivity contribution in [2.24, 2.45) is 4.99 Å². The first-order chi connectivity index (χ1) is 16.0. The van der Waals surface area contributed by atoms with Crippen LogP contribution in [0.1, 0.15) is 29.5 Å². The number of hydrogen-bond acceptors (Lipinski definition) is 6. The molecule has 33 heavy (non-hydrogen) atoms. The lowest BCUT2D eigenvalue weighted by molar-refractivity contribution is -0.483. The van der Waals surface area contributed by atoms with E-state index in [-0.39, 0.29) is 6.61 Å². The predicted octanol–water partition coefficient (Wildman–Crippen LogP) is 4.52. The third-order valence-electron chi connectivity index (χ3n) is 5.16. The highest BCUT2D eigenvalue weighted by Crippen LogP contribution is 2.27. The van der Waals surface area contributed by atoms with E-state index in [0.717, 1.165) is 11.1 Å². The number of nitrogens with zero attached hydrogens (tertiary/aromatic N) is 2. The molecule has 0 aromatic heterocycles. The molecular weight excluding hydrogens is 420 g/mol. The van der Waals surface area contributed by atoms with Crippen molar-refractivity contribution in [3.63, 3.8) is 0 Å². The summed E-state index contributed by atoms with van der Waals surface area (Å²) in [5.41, 5.74) is 2.77. The Bertz CT molecular complexity index is 1040. The van der Waals surface area contributed by atoms with Crippen LogP contribution in [0.25, 0.3) is 0 Å². The van der Waals surface area contributed by atoms with E-state index in [9.17, 15) is 14.9 Å². The van der Waals surface area contributed by atoms with Gasteiger partial charge >= 0.3 is 5.97 Å². The van der Waals surface area contributed by atoms with E-state index in [1.807, 2.05) is 60.7 Å². The van der Waals surface area contributed by atoms with Crippen LogP contribution >= 0.6 is 0 Å². The Morgan fingerprint density at radius 3 is 1.94 bits per heavy atom. The zero-order valence-corrected chi connectivity index (χ0v) is 18.6. The smallest absolute Gasteiger partial charge is 0.331 e. The van der Waals surface area contributed by atoms with Crippen LogP contribution < -0.4 is 4.74 Å². The van der Waals surface area contributed by atoms with E-state index in [1.54, 1.807) is 38.3 Å². The van der Waals surface area contributed by atoms with Gasteiger partial charge in [-0.05, 0) is 24.6 Å². The standard InChI is InChI=1S/C26H26N2O5/c1-3-33-26(29)25(23(18-28(30)31)19-14-16-22(32-2)17-15-19)27-24(20-10-6-4-7-11-20)21-12-8-5-9-13-21/h4-17,23,25H,3,18H2,1-2H3. The van der Waals surface area contributed by atoms with E-state index < -0.39 is 29.4 Å². The molecule has 0 amide bonds. The summed E-state index contributed by atoms with van der Waals surface area (Å²) in [7, 11) is 1.54. The molecule has 7 nitrogen and oxygen atoms in total. The van der Waals surface area contributed by atoms with Crippen molar-refractivity contribution >= 4 is 11.7 Å². The van der Waals surface area contributed by atoms with Crippen LogP contribution in [0.4, 0.5) is 0 Å². The van der Waals surface area contributed by atoms with Gasteiger partial charge in [0.05, 0.1) is 25.3 Å². The first-order valence-corrected chi connectivity index (χ1v) is 10.6. The summed E-state index contributed by atoms with van der Waals surface area (Å²) in [6.45, 7) is 1.37. The number of esters is 1. The van der Waals surface area contributed by atoms with Gasteiger partial charge in [-0.3, -0.25) is 15.1 Å². The lowest BCUT2D eigenvalue weighted by Gasteiger charge is -2.22. The second-order valence-corrected chi connectivity index (χ2v) is 7.30. The van der Waals surface area contributed by atoms with Crippen LogP contribution in [-0.2, 0) is 9.53 Å². The van der Waals surface area contributed by atoms with Crippen molar-refractivity contribution < 1.29 is 19.2 Å². The summed E-state index contributed by atoms with van der Waals surface area (Å²) < 4.78 is 10.5. The van der Waals surface area contributed by atoms with Crippen molar-refractivity contribution in [2.75, 3.05) is 20.3 Å². The molecule has 2 unspecified atom stereocenters. The Kier molecular flexibility index (Phi) is 8.30. The van der Waals surface area contributed by atoms with Crippen LogP contribution in [0.3, 0.4) is 0 Å². The van der Waals surface area contributed by atoms with Crippen molar-refractivity contribution in [2.45, 2.75) is 18.9 Å². The van der Waals surface area contributed by atoms with E-state index in [0.29, 0.717) is 17.0 Å². The number of methoxy groups -OCH3 is 1. The van der Waals surface area contributed by atoms with Crippen molar-refractivity contribution in [3.05, 3.63) is 112 Å². The maximum Gasteiger partial charge on any atom is 0.331 e. The molecule has 0 aliphatic rings. The van der Waals surface area contributed by atoms with Gasteiger partial charge in [-0.1, -0.05) is 72.8 Å². The van der Waals surface area contributed by atoms with Gasteiger partial charge < -0.3 is 9.47 Å². The third-order valence-corrected chi connectivity index (χ3v) is 5.16. The summed E-state index contributed by atoms with van der Waals surface area (Å²) in [4.78, 5) is 29.1. The quantitative estimate of drug-likeness (QED) is 0.198. The molecule has 0 saturated heterocycles. The highest BCUT2D eigenvalue weighted by atomic mass is 16.6. The normalized spacial score (nSPS) is 12.3. The van der Waals surface area contributed by atoms with Crippen LogP contribution in [0, 0.1) is 10.1 Å². The van der Waals surface area contributed by atoms with Gasteiger partial charge in [-0.2, -0.15) is 0 Å². The Morgan fingerprint density at radius 1 is 0.939 bits per heavy atom. The summed E-state index contributed by atoms with van der Waals surface area (Å²) in [5.74, 6) is -0.819. The predicted molar refractivity (Wildman–Crippen MR) is 127 cm³/mol. The zero-order chi connectivity index (χ0) is 23.6. The molecule has 170 valence electrons. The highest BCUT2D eigenvalue weighted by molar-refractivity contribution is 6.13. The van der Waals surface area contributed by atoms with Crippen LogP contribution in [0.5, 0.6) is 5.75 Å². The van der Waals surface area contributed by atoms with Crippen LogP contribution in [0.15, 0.2) is 89.9 Å². The Labute approximate surface area is 192 Å². The molecular formula is C26H26N2O5. The molecule has 0 aliphatic heterocycles. The van der Waals surface area contributed by atoms with E-state index in [2.05, 4.69) is 0 Å².